The van der Waals surface area contributed by atoms with Gasteiger partial charge in [0, 0.05) is 11.1 Å². The molecule has 1 aromatic heterocycles. The van der Waals surface area contributed by atoms with Crippen molar-refractivity contribution in [3.05, 3.63) is 71.4 Å². The molecule has 1 N–H and O–H groups in total. The van der Waals surface area contributed by atoms with Gasteiger partial charge >= 0.3 is 12.1 Å². The third-order valence-electron chi connectivity index (χ3n) is 4.25. The van der Waals surface area contributed by atoms with Crippen molar-refractivity contribution in [2.45, 2.75) is 13.1 Å². The van der Waals surface area contributed by atoms with E-state index in [1.165, 1.54) is 31.4 Å². The topological polar surface area (TPSA) is 59.4 Å². The Bertz CT molecular complexity index is 1010. The van der Waals surface area contributed by atoms with Gasteiger partial charge in [0.05, 0.1) is 18.4 Å². The summed E-state index contributed by atoms with van der Waals surface area (Å²) in [7, 11) is 1.45. The van der Waals surface area contributed by atoms with Gasteiger partial charge in [-0.2, -0.15) is 13.2 Å². The minimum absolute atomic E-state index is 0.0411. The van der Waals surface area contributed by atoms with E-state index >= 15 is 0 Å². The van der Waals surface area contributed by atoms with Crippen LogP contribution in [0.1, 0.15) is 21.6 Å². The van der Waals surface area contributed by atoms with Crippen LogP contribution in [0.25, 0.3) is 22.4 Å². The van der Waals surface area contributed by atoms with Crippen molar-refractivity contribution in [2.24, 2.45) is 0 Å². The number of ether oxygens (including phenoxy) is 1. The number of rotatable bonds is 4. The summed E-state index contributed by atoms with van der Waals surface area (Å²) < 4.78 is 45.4. The zero-order chi connectivity index (χ0) is 20.5. The van der Waals surface area contributed by atoms with Crippen LogP contribution in [0.15, 0.2) is 54.6 Å². The summed E-state index contributed by atoms with van der Waals surface area (Å²) in [6, 6.07) is 13.4. The second-order valence-corrected chi connectivity index (χ2v) is 6.18. The van der Waals surface area contributed by atoms with Gasteiger partial charge in [-0.3, -0.25) is 0 Å². The van der Waals surface area contributed by atoms with E-state index < -0.39 is 17.8 Å². The summed E-state index contributed by atoms with van der Waals surface area (Å²) in [6.45, 7) is 1.83. The van der Waals surface area contributed by atoms with Crippen molar-refractivity contribution in [1.29, 1.82) is 0 Å². The van der Waals surface area contributed by atoms with Crippen molar-refractivity contribution in [2.75, 3.05) is 7.11 Å². The fourth-order valence-electron chi connectivity index (χ4n) is 2.83. The Morgan fingerprint density at radius 1 is 1.00 bits per heavy atom. The lowest BCUT2D eigenvalue weighted by atomic mass is 9.94. The molecule has 0 radical (unpaired) electrons. The van der Waals surface area contributed by atoms with E-state index in [2.05, 4.69) is 4.98 Å². The fourth-order valence-corrected chi connectivity index (χ4v) is 2.83. The molecule has 0 amide bonds. The first-order valence-corrected chi connectivity index (χ1v) is 8.27. The highest BCUT2D eigenvalue weighted by atomic mass is 19.4. The summed E-state index contributed by atoms with van der Waals surface area (Å²) in [4.78, 5) is 15.6. The number of nitrogens with zero attached hydrogens (tertiary/aromatic N) is 1. The molecule has 0 aliphatic carbocycles. The number of aromatic nitrogens is 1. The Balaban J connectivity index is 2.34. The van der Waals surface area contributed by atoms with Crippen LogP contribution in [0, 0.1) is 6.92 Å². The number of carbonyl (C=O) groups is 1. The van der Waals surface area contributed by atoms with E-state index in [1.807, 2.05) is 6.92 Å². The molecule has 0 atom stereocenters. The number of pyridine rings is 1. The second kappa shape index (κ2) is 7.34. The maximum absolute atomic E-state index is 13.5. The molecule has 0 aliphatic rings. The third-order valence-corrected chi connectivity index (χ3v) is 4.25. The quantitative estimate of drug-likeness (QED) is 0.647. The van der Waals surface area contributed by atoms with E-state index in [4.69, 9.17) is 4.74 Å². The number of benzene rings is 2. The molecule has 0 saturated heterocycles. The number of aromatic carboxylic acids is 1. The van der Waals surface area contributed by atoms with Crippen LogP contribution < -0.4 is 4.74 Å². The first kappa shape index (κ1) is 19.4. The maximum Gasteiger partial charge on any atom is 0.433 e. The molecule has 2 aromatic carbocycles. The summed E-state index contributed by atoms with van der Waals surface area (Å²) in [5, 5.41) is 9.77. The summed E-state index contributed by atoms with van der Waals surface area (Å²) in [5.41, 5.74) is -0.216. The molecular weight excluding hydrogens is 371 g/mol. The monoisotopic (exact) mass is 387 g/mol. The molecule has 0 bridgehead atoms. The van der Waals surface area contributed by atoms with Crippen LogP contribution in [0.3, 0.4) is 0 Å². The van der Waals surface area contributed by atoms with Crippen LogP contribution in [-0.4, -0.2) is 23.2 Å². The molecule has 3 rings (SSSR count). The van der Waals surface area contributed by atoms with Crippen LogP contribution >= 0.6 is 0 Å². The zero-order valence-electron chi connectivity index (χ0n) is 15.0. The van der Waals surface area contributed by atoms with E-state index in [1.54, 1.807) is 24.3 Å². The highest BCUT2D eigenvalue weighted by Crippen LogP contribution is 2.37. The molecule has 28 heavy (non-hydrogen) atoms. The Morgan fingerprint density at radius 2 is 1.57 bits per heavy atom. The lowest BCUT2D eigenvalue weighted by Crippen LogP contribution is -2.13. The molecule has 0 unspecified atom stereocenters. The molecule has 0 fully saturated rings. The first-order valence-electron chi connectivity index (χ1n) is 8.27. The molecule has 4 nitrogen and oxygen atoms in total. The van der Waals surface area contributed by atoms with Gasteiger partial charge in [0.1, 0.15) is 11.4 Å². The molecule has 0 saturated carbocycles. The number of hydrogen-bond acceptors (Lipinski definition) is 3. The Hall–Kier alpha value is -3.35. The Kier molecular flexibility index (Phi) is 5.09. The van der Waals surface area contributed by atoms with Gasteiger partial charge in [0.25, 0.3) is 0 Å². The van der Waals surface area contributed by atoms with E-state index in [0.717, 1.165) is 11.6 Å². The van der Waals surface area contributed by atoms with Crippen molar-refractivity contribution < 1.29 is 27.8 Å². The van der Waals surface area contributed by atoms with E-state index in [-0.39, 0.29) is 22.4 Å². The third kappa shape index (κ3) is 3.83. The number of halogens is 3. The summed E-state index contributed by atoms with van der Waals surface area (Å²) in [5.74, 6) is -0.867. The largest absolute Gasteiger partial charge is 0.497 e. The minimum atomic E-state index is -4.72. The number of carboxylic acids is 1. The van der Waals surface area contributed by atoms with E-state index in [0.29, 0.717) is 11.3 Å². The number of alkyl halides is 3. The number of methoxy groups -OCH3 is 1. The van der Waals surface area contributed by atoms with Gasteiger partial charge in [-0.15, -0.1) is 0 Å². The van der Waals surface area contributed by atoms with Gasteiger partial charge in [-0.25, -0.2) is 9.78 Å². The molecule has 0 aliphatic heterocycles. The zero-order valence-corrected chi connectivity index (χ0v) is 15.0. The lowest BCUT2D eigenvalue weighted by molar-refractivity contribution is -0.141. The second-order valence-electron chi connectivity index (χ2n) is 6.18. The molecule has 3 aromatic rings. The van der Waals surface area contributed by atoms with Crippen LogP contribution in [0.2, 0.25) is 0 Å². The van der Waals surface area contributed by atoms with Gasteiger partial charge in [-0.05, 0) is 42.8 Å². The average Bonchev–Trinajstić information content (AvgIpc) is 2.67. The standard InChI is InChI=1S/C21H16F3NO3/c1-12-3-5-13(6-4-12)16-11-17(21(22,23)24)25-19(18(16)20(26)27)14-7-9-15(28-2)10-8-14/h3-11H,1-2H3,(H,26,27). The highest BCUT2D eigenvalue weighted by molar-refractivity contribution is 6.02. The smallest absolute Gasteiger partial charge is 0.433 e. The molecule has 0 spiro atoms. The predicted molar refractivity (Wildman–Crippen MR) is 98.4 cm³/mol. The predicted octanol–water partition coefficient (Wildman–Crippen LogP) is 5.45. The normalized spacial score (nSPS) is 11.3. The number of carboxylic acid groups (broad SMARTS) is 1. The van der Waals surface area contributed by atoms with E-state index in [9.17, 15) is 23.1 Å². The first-order chi connectivity index (χ1) is 13.2. The number of aryl methyl sites for hydroxylation is 1. The van der Waals surface area contributed by atoms with Crippen LogP contribution in [0.4, 0.5) is 13.2 Å². The van der Waals surface area contributed by atoms with Gasteiger partial charge in [0.2, 0.25) is 0 Å². The highest BCUT2D eigenvalue weighted by Gasteiger charge is 2.35. The Labute approximate surface area is 159 Å². The molecular formula is C21H16F3NO3. The van der Waals surface area contributed by atoms with Crippen LogP contribution in [-0.2, 0) is 6.18 Å². The lowest BCUT2D eigenvalue weighted by Gasteiger charge is -2.16. The van der Waals surface area contributed by atoms with Crippen molar-refractivity contribution in [1.82, 2.24) is 4.98 Å². The average molecular weight is 387 g/mol. The Morgan fingerprint density at radius 3 is 2.07 bits per heavy atom. The minimum Gasteiger partial charge on any atom is -0.497 e. The summed E-state index contributed by atoms with van der Waals surface area (Å²) >= 11 is 0. The van der Waals surface area contributed by atoms with Crippen molar-refractivity contribution >= 4 is 5.97 Å². The summed E-state index contributed by atoms with van der Waals surface area (Å²) in [6.07, 6.45) is -4.72. The SMILES string of the molecule is COc1ccc(-c2nc(C(F)(F)F)cc(-c3ccc(C)cc3)c2C(=O)O)cc1. The molecule has 7 heteroatoms. The number of hydrogen-bond donors (Lipinski definition) is 1. The van der Waals surface area contributed by atoms with Gasteiger partial charge in [0.15, 0.2) is 0 Å². The van der Waals surface area contributed by atoms with Crippen molar-refractivity contribution in [3.63, 3.8) is 0 Å². The van der Waals surface area contributed by atoms with Crippen LogP contribution in [0.5, 0.6) is 5.75 Å². The maximum atomic E-state index is 13.5. The fraction of sp³-hybridized carbons (Fsp3) is 0.143. The van der Waals surface area contributed by atoms with Gasteiger partial charge in [-0.1, -0.05) is 29.8 Å². The van der Waals surface area contributed by atoms with Crippen molar-refractivity contribution in [3.8, 4) is 28.1 Å². The molecule has 1 heterocycles. The molecule has 144 valence electrons. The van der Waals surface area contributed by atoms with Gasteiger partial charge < -0.3 is 9.84 Å².